The van der Waals surface area contributed by atoms with Crippen LogP contribution in [0.25, 0.3) is 0 Å². The molecule has 0 N–H and O–H groups in total. The first-order valence-electron chi connectivity index (χ1n) is 10.5. The van der Waals surface area contributed by atoms with E-state index in [0.717, 1.165) is 31.6 Å². The first-order chi connectivity index (χ1) is 13.5. The summed E-state index contributed by atoms with van der Waals surface area (Å²) in [5.74, 6) is 0.549. The number of piperidine rings is 1. The van der Waals surface area contributed by atoms with Crippen LogP contribution in [0.5, 0.6) is 5.75 Å². The molecule has 6 nitrogen and oxygen atoms in total. The molecule has 3 saturated heterocycles. The van der Waals surface area contributed by atoms with Crippen molar-refractivity contribution in [2.75, 3.05) is 44.7 Å². The van der Waals surface area contributed by atoms with Gasteiger partial charge in [-0.15, -0.1) is 0 Å². The summed E-state index contributed by atoms with van der Waals surface area (Å²) in [5, 5.41) is 0. The molecule has 0 aromatic heterocycles. The Kier molecular flexibility index (Phi) is 5.32. The van der Waals surface area contributed by atoms with Crippen molar-refractivity contribution < 1.29 is 14.3 Å². The van der Waals surface area contributed by atoms with E-state index in [1.165, 1.54) is 25.9 Å². The molecule has 1 unspecified atom stereocenters. The smallest absolute Gasteiger partial charge is 0.228 e. The third-order valence-electron chi connectivity index (χ3n) is 6.87. The Balaban J connectivity index is 1.39. The number of carbonyl (C=O) groups excluding carboxylic acids is 2. The Labute approximate surface area is 167 Å². The van der Waals surface area contributed by atoms with Gasteiger partial charge in [-0.2, -0.15) is 0 Å². The molecule has 28 heavy (non-hydrogen) atoms. The molecule has 1 aromatic rings. The van der Waals surface area contributed by atoms with Gasteiger partial charge in [-0.3, -0.25) is 14.5 Å². The van der Waals surface area contributed by atoms with Crippen molar-refractivity contribution in [2.45, 2.75) is 44.6 Å². The van der Waals surface area contributed by atoms with E-state index in [1.807, 2.05) is 29.2 Å². The van der Waals surface area contributed by atoms with Gasteiger partial charge in [0.1, 0.15) is 5.75 Å². The van der Waals surface area contributed by atoms with Gasteiger partial charge in [-0.1, -0.05) is 12.1 Å². The number of para-hydroxylation sites is 2. The molecule has 3 heterocycles. The van der Waals surface area contributed by atoms with Crippen LogP contribution in [0.3, 0.4) is 0 Å². The summed E-state index contributed by atoms with van der Waals surface area (Å²) >= 11 is 0. The van der Waals surface area contributed by atoms with Gasteiger partial charge in [0.2, 0.25) is 11.8 Å². The molecule has 3 fully saturated rings. The molecule has 0 radical (unpaired) electrons. The Hall–Kier alpha value is -2.08. The average Bonchev–Trinajstić information content (AvgIpc) is 3.38. The SMILES string of the molecule is COc1ccccc1N1CC(C(=O)N2CCC(C)(N3CCCC3)CC2)CC1=O. The molecule has 1 atom stereocenters. The molecule has 3 aliphatic heterocycles. The number of rotatable bonds is 4. The number of amides is 2. The molecule has 4 rings (SSSR count). The van der Waals surface area contributed by atoms with Crippen LogP contribution >= 0.6 is 0 Å². The molecule has 2 amide bonds. The predicted octanol–water partition coefficient (Wildman–Crippen LogP) is 2.53. The summed E-state index contributed by atoms with van der Waals surface area (Å²) in [6, 6.07) is 7.51. The number of benzene rings is 1. The van der Waals surface area contributed by atoms with Crippen LogP contribution in [0, 0.1) is 5.92 Å². The van der Waals surface area contributed by atoms with Gasteiger partial charge in [0.25, 0.3) is 0 Å². The number of hydrogen-bond donors (Lipinski definition) is 0. The van der Waals surface area contributed by atoms with E-state index in [2.05, 4.69) is 11.8 Å². The fourth-order valence-corrected chi connectivity index (χ4v) is 5.00. The third-order valence-corrected chi connectivity index (χ3v) is 6.87. The van der Waals surface area contributed by atoms with Gasteiger partial charge in [0.15, 0.2) is 0 Å². The molecule has 1 aromatic carbocycles. The van der Waals surface area contributed by atoms with Crippen molar-refractivity contribution in [1.82, 2.24) is 9.80 Å². The molecule has 3 aliphatic rings. The van der Waals surface area contributed by atoms with Crippen LogP contribution in [-0.2, 0) is 9.59 Å². The highest BCUT2D eigenvalue weighted by molar-refractivity contribution is 6.01. The standard InChI is InChI=1S/C22H31N3O3/c1-22(24-11-5-6-12-24)9-13-23(14-10-22)21(27)17-15-20(26)25(16-17)18-7-3-4-8-19(18)28-2/h3-4,7-8,17H,5-6,9-16H2,1-2H3. The summed E-state index contributed by atoms with van der Waals surface area (Å²) in [6.45, 7) is 6.77. The number of carbonyl (C=O) groups is 2. The molecule has 0 aliphatic carbocycles. The molecule has 6 heteroatoms. The van der Waals surface area contributed by atoms with E-state index < -0.39 is 0 Å². The average molecular weight is 386 g/mol. The first kappa shape index (κ1) is 19.2. The maximum Gasteiger partial charge on any atom is 0.228 e. The van der Waals surface area contributed by atoms with Gasteiger partial charge in [0, 0.05) is 31.6 Å². The zero-order chi connectivity index (χ0) is 19.7. The van der Waals surface area contributed by atoms with E-state index >= 15 is 0 Å². The van der Waals surface area contributed by atoms with Crippen LogP contribution < -0.4 is 9.64 Å². The van der Waals surface area contributed by atoms with Crippen molar-refractivity contribution in [3.8, 4) is 5.75 Å². The first-order valence-corrected chi connectivity index (χ1v) is 10.5. The number of hydrogen-bond acceptors (Lipinski definition) is 4. The van der Waals surface area contributed by atoms with Crippen LogP contribution in [0.1, 0.15) is 39.0 Å². The van der Waals surface area contributed by atoms with E-state index in [1.54, 1.807) is 12.0 Å². The zero-order valence-electron chi connectivity index (χ0n) is 17.0. The van der Waals surface area contributed by atoms with E-state index in [-0.39, 0.29) is 29.7 Å². The lowest BCUT2D eigenvalue weighted by atomic mass is 9.87. The summed E-state index contributed by atoms with van der Waals surface area (Å²) in [7, 11) is 1.60. The van der Waals surface area contributed by atoms with Crippen LogP contribution in [0.4, 0.5) is 5.69 Å². The van der Waals surface area contributed by atoms with Crippen molar-refractivity contribution in [3.63, 3.8) is 0 Å². The maximum atomic E-state index is 13.1. The van der Waals surface area contributed by atoms with Crippen LogP contribution in [0.2, 0.25) is 0 Å². The number of nitrogens with zero attached hydrogens (tertiary/aromatic N) is 3. The van der Waals surface area contributed by atoms with Crippen molar-refractivity contribution >= 4 is 17.5 Å². The Morgan fingerprint density at radius 3 is 2.46 bits per heavy atom. The van der Waals surface area contributed by atoms with Crippen molar-refractivity contribution in [2.24, 2.45) is 5.92 Å². The maximum absolute atomic E-state index is 13.1. The third kappa shape index (κ3) is 3.50. The van der Waals surface area contributed by atoms with Gasteiger partial charge in [-0.05, 0) is 57.8 Å². The normalized spacial score (nSPS) is 25.4. The quantitative estimate of drug-likeness (QED) is 0.799. The lowest BCUT2D eigenvalue weighted by molar-refractivity contribution is -0.138. The minimum Gasteiger partial charge on any atom is -0.495 e. The number of methoxy groups -OCH3 is 1. The Morgan fingerprint density at radius 1 is 1.11 bits per heavy atom. The second-order valence-corrected chi connectivity index (χ2v) is 8.59. The van der Waals surface area contributed by atoms with Crippen LogP contribution in [-0.4, -0.2) is 67.0 Å². The molecular weight excluding hydrogens is 354 g/mol. The zero-order valence-corrected chi connectivity index (χ0v) is 17.0. The summed E-state index contributed by atoms with van der Waals surface area (Å²) < 4.78 is 5.40. The number of ether oxygens (including phenoxy) is 1. The Bertz CT molecular complexity index is 736. The fourth-order valence-electron chi connectivity index (χ4n) is 5.00. The van der Waals surface area contributed by atoms with Gasteiger partial charge in [-0.25, -0.2) is 0 Å². The number of anilines is 1. The van der Waals surface area contributed by atoms with E-state index in [0.29, 0.717) is 12.3 Å². The highest BCUT2D eigenvalue weighted by atomic mass is 16.5. The Morgan fingerprint density at radius 2 is 1.79 bits per heavy atom. The largest absolute Gasteiger partial charge is 0.495 e. The molecule has 0 bridgehead atoms. The van der Waals surface area contributed by atoms with Crippen LogP contribution in [0.15, 0.2) is 24.3 Å². The van der Waals surface area contributed by atoms with Gasteiger partial charge in [0.05, 0.1) is 18.7 Å². The number of likely N-dealkylation sites (tertiary alicyclic amines) is 2. The lowest BCUT2D eigenvalue weighted by Gasteiger charge is -2.45. The topological polar surface area (TPSA) is 53.1 Å². The predicted molar refractivity (Wildman–Crippen MR) is 108 cm³/mol. The van der Waals surface area contributed by atoms with Gasteiger partial charge >= 0.3 is 0 Å². The molecule has 0 saturated carbocycles. The van der Waals surface area contributed by atoms with Gasteiger partial charge < -0.3 is 14.5 Å². The van der Waals surface area contributed by atoms with Crippen molar-refractivity contribution in [3.05, 3.63) is 24.3 Å². The van der Waals surface area contributed by atoms with E-state index in [9.17, 15) is 9.59 Å². The van der Waals surface area contributed by atoms with E-state index in [4.69, 9.17) is 4.74 Å². The fraction of sp³-hybridized carbons (Fsp3) is 0.636. The second kappa shape index (κ2) is 7.74. The lowest BCUT2D eigenvalue weighted by Crippen LogP contribution is -2.54. The summed E-state index contributed by atoms with van der Waals surface area (Å²) in [6.07, 6.45) is 4.92. The highest BCUT2D eigenvalue weighted by Gasteiger charge is 2.42. The minimum atomic E-state index is -0.256. The minimum absolute atomic E-state index is 0.00163. The van der Waals surface area contributed by atoms with Crippen molar-refractivity contribution in [1.29, 1.82) is 0 Å². The monoisotopic (exact) mass is 385 g/mol. The molecule has 0 spiro atoms. The molecular formula is C22H31N3O3. The second-order valence-electron chi connectivity index (χ2n) is 8.59. The highest BCUT2D eigenvalue weighted by Crippen LogP contribution is 2.35. The summed E-state index contributed by atoms with van der Waals surface area (Å²) in [4.78, 5) is 32.0. The molecule has 152 valence electrons. The summed E-state index contributed by atoms with van der Waals surface area (Å²) in [5.41, 5.74) is 0.980.